The van der Waals surface area contributed by atoms with Crippen LogP contribution in [0.15, 0.2) is 41.7 Å². The predicted octanol–water partition coefficient (Wildman–Crippen LogP) is 2.49. The molecule has 7 nitrogen and oxygen atoms in total. The Labute approximate surface area is 167 Å². The first-order valence-electron chi connectivity index (χ1n) is 9.80. The maximum absolute atomic E-state index is 5.94. The maximum atomic E-state index is 5.94. The molecule has 0 aliphatic carbocycles. The lowest BCUT2D eigenvalue weighted by Crippen LogP contribution is -2.47. The van der Waals surface area contributed by atoms with Crippen LogP contribution in [0.1, 0.15) is 36.6 Å². The summed E-state index contributed by atoms with van der Waals surface area (Å²) in [6.45, 7) is 7.70. The van der Waals surface area contributed by atoms with Gasteiger partial charge < -0.3 is 19.7 Å². The highest BCUT2D eigenvalue weighted by atomic mass is 16.5. The first-order valence-corrected chi connectivity index (χ1v) is 9.80. The average molecular weight is 386 g/mol. The minimum Gasteiger partial charge on any atom is -0.374 e. The van der Waals surface area contributed by atoms with E-state index in [4.69, 9.17) is 9.47 Å². The van der Waals surface area contributed by atoms with Gasteiger partial charge in [0.25, 0.3) is 0 Å². The van der Waals surface area contributed by atoms with Crippen LogP contribution in [-0.4, -0.2) is 53.5 Å². The van der Waals surface area contributed by atoms with Crippen LogP contribution >= 0.6 is 0 Å². The first-order chi connectivity index (χ1) is 13.5. The molecule has 152 valence electrons. The van der Waals surface area contributed by atoms with Crippen molar-refractivity contribution < 1.29 is 9.47 Å². The third kappa shape index (κ3) is 5.56. The second-order valence-electron chi connectivity index (χ2n) is 7.33. The number of hydrogen-bond acceptors (Lipinski definition) is 4. The molecule has 0 spiro atoms. The van der Waals surface area contributed by atoms with Gasteiger partial charge in [-0.1, -0.05) is 24.3 Å². The molecule has 0 radical (unpaired) electrons. The van der Waals surface area contributed by atoms with E-state index in [0.717, 1.165) is 31.2 Å². The Bertz CT molecular complexity index is 787. The van der Waals surface area contributed by atoms with Crippen LogP contribution in [0.5, 0.6) is 0 Å². The molecule has 1 atom stereocenters. The summed E-state index contributed by atoms with van der Waals surface area (Å²) in [7, 11) is 3.74. The van der Waals surface area contributed by atoms with E-state index < -0.39 is 0 Å². The van der Waals surface area contributed by atoms with Crippen LogP contribution in [0.4, 0.5) is 0 Å². The summed E-state index contributed by atoms with van der Waals surface area (Å²) in [4.78, 5) is 6.72. The Morgan fingerprint density at radius 3 is 2.93 bits per heavy atom. The van der Waals surface area contributed by atoms with Gasteiger partial charge in [-0.15, -0.1) is 0 Å². The van der Waals surface area contributed by atoms with E-state index in [0.29, 0.717) is 13.2 Å². The quantitative estimate of drug-likeness (QED) is 0.611. The van der Waals surface area contributed by atoms with Crippen molar-refractivity contribution in [2.75, 3.05) is 26.7 Å². The number of rotatable bonds is 6. The van der Waals surface area contributed by atoms with Crippen LogP contribution in [0.2, 0.25) is 0 Å². The van der Waals surface area contributed by atoms with Crippen LogP contribution in [0, 0.1) is 0 Å². The van der Waals surface area contributed by atoms with Gasteiger partial charge in [0.15, 0.2) is 5.96 Å². The molecular formula is C21H31N5O2. The number of hydrogen-bond donors (Lipinski definition) is 1. The van der Waals surface area contributed by atoms with Crippen molar-refractivity contribution >= 4 is 5.96 Å². The number of guanidine groups is 1. The highest BCUT2D eigenvalue weighted by Gasteiger charge is 2.25. The molecule has 1 saturated heterocycles. The highest BCUT2D eigenvalue weighted by molar-refractivity contribution is 5.80. The molecule has 7 heteroatoms. The van der Waals surface area contributed by atoms with Crippen molar-refractivity contribution in [3.63, 3.8) is 0 Å². The molecule has 2 heterocycles. The fraction of sp³-hybridized carbons (Fsp3) is 0.524. The summed E-state index contributed by atoms with van der Waals surface area (Å²) in [5.41, 5.74) is 3.49. The van der Waals surface area contributed by atoms with Gasteiger partial charge in [0.1, 0.15) is 6.10 Å². The fourth-order valence-electron chi connectivity index (χ4n) is 3.26. The molecule has 0 bridgehead atoms. The van der Waals surface area contributed by atoms with E-state index in [1.807, 2.05) is 26.5 Å². The molecule has 1 unspecified atom stereocenters. The third-order valence-corrected chi connectivity index (χ3v) is 4.70. The van der Waals surface area contributed by atoms with Crippen molar-refractivity contribution in [1.82, 2.24) is 20.0 Å². The van der Waals surface area contributed by atoms with E-state index in [-0.39, 0.29) is 12.2 Å². The monoisotopic (exact) mass is 385 g/mol. The average Bonchev–Trinajstić information content (AvgIpc) is 3.14. The Kier molecular flexibility index (Phi) is 7.06. The highest BCUT2D eigenvalue weighted by Crippen LogP contribution is 2.21. The standard InChI is InChI=1S/C21H31N5O2/c1-16(2)28-15-18-7-5-6-17(10-18)11-23-21(22-3)26-8-9-27-20(14-26)19-12-24-25(4)13-19/h5-7,10,12-13,16,20H,8-9,11,14-15H2,1-4H3,(H,22,23). The van der Waals surface area contributed by atoms with Gasteiger partial charge in [-0.2, -0.15) is 5.10 Å². The molecule has 2 aromatic rings. The number of morpholine rings is 1. The molecule has 1 aliphatic rings. The third-order valence-electron chi connectivity index (χ3n) is 4.70. The van der Waals surface area contributed by atoms with E-state index in [1.54, 1.807) is 4.68 Å². The zero-order valence-corrected chi connectivity index (χ0v) is 17.3. The lowest BCUT2D eigenvalue weighted by molar-refractivity contribution is -0.00805. The molecule has 0 saturated carbocycles. The number of nitrogens with one attached hydrogen (secondary N) is 1. The number of aromatic nitrogens is 2. The smallest absolute Gasteiger partial charge is 0.194 e. The zero-order valence-electron chi connectivity index (χ0n) is 17.3. The van der Waals surface area contributed by atoms with Gasteiger partial charge in [-0.25, -0.2) is 0 Å². The molecule has 0 amide bonds. The molecule has 1 fully saturated rings. The summed E-state index contributed by atoms with van der Waals surface area (Å²) in [6, 6.07) is 8.48. The lowest BCUT2D eigenvalue weighted by Gasteiger charge is -2.34. The second kappa shape index (κ2) is 9.71. The molecule has 1 aromatic heterocycles. The maximum Gasteiger partial charge on any atom is 0.194 e. The van der Waals surface area contributed by atoms with Gasteiger partial charge >= 0.3 is 0 Å². The predicted molar refractivity (Wildman–Crippen MR) is 110 cm³/mol. The second-order valence-corrected chi connectivity index (χ2v) is 7.33. The minimum absolute atomic E-state index is 0.0116. The van der Waals surface area contributed by atoms with Crippen LogP contribution in [0.3, 0.4) is 0 Å². The Morgan fingerprint density at radius 1 is 1.39 bits per heavy atom. The summed E-state index contributed by atoms with van der Waals surface area (Å²) >= 11 is 0. The lowest BCUT2D eigenvalue weighted by atomic mass is 10.1. The summed E-state index contributed by atoms with van der Waals surface area (Å²) < 4.78 is 13.4. The number of aliphatic imine (C=N–C) groups is 1. The van der Waals surface area contributed by atoms with Crippen molar-refractivity contribution in [3.8, 4) is 0 Å². The summed E-state index contributed by atoms with van der Waals surface area (Å²) in [5.74, 6) is 0.890. The molecule has 1 aliphatic heterocycles. The van der Waals surface area contributed by atoms with Crippen molar-refractivity contribution in [2.45, 2.75) is 39.2 Å². The van der Waals surface area contributed by atoms with Crippen molar-refractivity contribution in [3.05, 3.63) is 53.3 Å². The van der Waals surface area contributed by atoms with Crippen molar-refractivity contribution in [1.29, 1.82) is 0 Å². The van der Waals surface area contributed by atoms with E-state index >= 15 is 0 Å². The van der Waals surface area contributed by atoms with Gasteiger partial charge in [-0.05, 0) is 25.0 Å². The van der Waals surface area contributed by atoms with Gasteiger partial charge in [0.05, 0.1) is 32.1 Å². The zero-order chi connectivity index (χ0) is 19.9. The van der Waals surface area contributed by atoms with Gasteiger partial charge in [0, 0.05) is 38.9 Å². The topological polar surface area (TPSA) is 63.9 Å². The molecule has 1 aromatic carbocycles. The van der Waals surface area contributed by atoms with Gasteiger partial charge in [-0.3, -0.25) is 9.67 Å². The molecule has 28 heavy (non-hydrogen) atoms. The summed E-state index contributed by atoms with van der Waals surface area (Å²) in [5, 5.41) is 7.74. The first kappa shape index (κ1) is 20.4. The largest absolute Gasteiger partial charge is 0.374 e. The Balaban J connectivity index is 1.57. The summed E-state index contributed by atoms with van der Waals surface area (Å²) in [6.07, 6.45) is 4.12. The number of nitrogens with zero attached hydrogens (tertiary/aromatic N) is 4. The Hall–Kier alpha value is -2.38. The SMILES string of the molecule is CN=C(NCc1cccc(COC(C)C)c1)N1CCOC(c2cnn(C)c2)C1. The van der Waals surface area contributed by atoms with Crippen LogP contribution < -0.4 is 5.32 Å². The molecular weight excluding hydrogens is 354 g/mol. The number of aryl methyl sites for hydroxylation is 1. The van der Waals surface area contributed by atoms with Gasteiger partial charge in [0.2, 0.25) is 0 Å². The normalized spacial score (nSPS) is 18.0. The Morgan fingerprint density at radius 2 is 2.21 bits per heavy atom. The van der Waals surface area contributed by atoms with Crippen LogP contribution in [-0.2, 0) is 29.7 Å². The molecule has 3 rings (SSSR count). The van der Waals surface area contributed by atoms with E-state index in [9.17, 15) is 0 Å². The minimum atomic E-state index is 0.0116. The number of benzene rings is 1. The van der Waals surface area contributed by atoms with E-state index in [1.165, 1.54) is 11.1 Å². The number of ether oxygens (including phenoxy) is 2. The van der Waals surface area contributed by atoms with E-state index in [2.05, 4.69) is 58.4 Å². The van der Waals surface area contributed by atoms with Crippen molar-refractivity contribution in [2.24, 2.45) is 12.0 Å². The van der Waals surface area contributed by atoms with Crippen LogP contribution in [0.25, 0.3) is 0 Å². The molecule has 1 N–H and O–H groups in total. The fourth-order valence-corrected chi connectivity index (χ4v) is 3.26.